The van der Waals surface area contributed by atoms with E-state index in [-0.39, 0.29) is 22.9 Å². The SMILES string of the molecule is CC(C)C(c1ncc(Br)cc1[N+](=O)[O-])C(C)Cl. The molecule has 2 unspecified atom stereocenters. The molecule has 0 aliphatic heterocycles. The molecule has 0 fully saturated rings. The summed E-state index contributed by atoms with van der Waals surface area (Å²) in [5.74, 6) is 0.0556. The second-order valence-corrected chi connectivity index (χ2v) is 5.87. The van der Waals surface area contributed by atoms with Gasteiger partial charge in [-0.1, -0.05) is 13.8 Å². The molecule has 6 heteroatoms. The molecule has 0 bridgehead atoms. The topological polar surface area (TPSA) is 56.0 Å². The summed E-state index contributed by atoms with van der Waals surface area (Å²) in [6.07, 6.45) is 1.57. The summed E-state index contributed by atoms with van der Waals surface area (Å²) in [7, 11) is 0. The van der Waals surface area contributed by atoms with Gasteiger partial charge in [0.25, 0.3) is 5.69 Å². The molecule has 0 saturated carbocycles. The Bertz CT molecular complexity index is 416. The molecule has 94 valence electrons. The summed E-state index contributed by atoms with van der Waals surface area (Å²) in [6, 6.07) is 1.47. The molecule has 1 aromatic rings. The van der Waals surface area contributed by atoms with E-state index in [2.05, 4.69) is 20.9 Å². The van der Waals surface area contributed by atoms with Gasteiger partial charge in [0.15, 0.2) is 0 Å². The van der Waals surface area contributed by atoms with Crippen LogP contribution in [-0.2, 0) is 0 Å². The van der Waals surface area contributed by atoms with Gasteiger partial charge < -0.3 is 0 Å². The van der Waals surface area contributed by atoms with E-state index >= 15 is 0 Å². The maximum Gasteiger partial charge on any atom is 0.292 e. The van der Waals surface area contributed by atoms with Crippen LogP contribution in [0.1, 0.15) is 32.4 Å². The fraction of sp³-hybridized carbons (Fsp3) is 0.545. The molecule has 0 N–H and O–H groups in total. The maximum atomic E-state index is 11.0. The number of aromatic nitrogens is 1. The van der Waals surface area contributed by atoms with Crippen molar-refractivity contribution in [1.82, 2.24) is 4.98 Å². The molecule has 0 aliphatic rings. The van der Waals surface area contributed by atoms with Crippen LogP contribution in [0, 0.1) is 16.0 Å². The molecule has 1 aromatic heterocycles. The zero-order chi connectivity index (χ0) is 13.2. The first-order valence-corrected chi connectivity index (χ1v) is 6.51. The minimum absolute atomic E-state index is 0.0191. The van der Waals surface area contributed by atoms with Crippen LogP contribution in [-0.4, -0.2) is 15.3 Å². The van der Waals surface area contributed by atoms with Crippen LogP contribution in [0.15, 0.2) is 16.7 Å². The molecule has 1 rings (SSSR count). The van der Waals surface area contributed by atoms with E-state index < -0.39 is 4.92 Å². The van der Waals surface area contributed by atoms with Crippen LogP contribution in [0.25, 0.3) is 0 Å². The number of halogens is 2. The predicted octanol–water partition coefficient (Wildman–Crippen LogP) is 4.12. The van der Waals surface area contributed by atoms with Gasteiger partial charge in [0.2, 0.25) is 0 Å². The Kier molecular flexibility index (Phi) is 4.89. The molecule has 1 heterocycles. The Hall–Kier alpha value is -0.680. The Labute approximate surface area is 114 Å². The van der Waals surface area contributed by atoms with Crippen LogP contribution >= 0.6 is 27.5 Å². The van der Waals surface area contributed by atoms with Crippen molar-refractivity contribution in [3.05, 3.63) is 32.5 Å². The lowest BCUT2D eigenvalue weighted by Gasteiger charge is -2.22. The number of rotatable bonds is 4. The van der Waals surface area contributed by atoms with E-state index in [0.29, 0.717) is 10.2 Å². The van der Waals surface area contributed by atoms with Gasteiger partial charge in [0.05, 0.1) is 4.92 Å². The van der Waals surface area contributed by atoms with Crippen molar-refractivity contribution in [3.63, 3.8) is 0 Å². The van der Waals surface area contributed by atoms with Crippen LogP contribution in [0.5, 0.6) is 0 Å². The van der Waals surface area contributed by atoms with E-state index in [1.807, 2.05) is 20.8 Å². The third-order valence-electron chi connectivity index (χ3n) is 2.59. The van der Waals surface area contributed by atoms with E-state index in [1.54, 1.807) is 6.20 Å². The monoisotopic (exact) mass is 320 g/mol. The predicted molar refractivity (Wildman–Crippen MR) is 71.5 cm³/mol. The Morgan fingerprint density at radius 1 is 1.47 bits per heavy atom. The zero-order valence-electron chi connectivity index (χ0n) is 9.85. The first kappa shape index (κ1) is 14.4. The number of alkyl halides is 1. The molecule has 4 nitrogen and oxygen atoms in total. The first-order valence-electron chi connectivity index (χ1n) is 5.28. The fourth-order valence-electron chi connectivity index (χ4n) is 1.91. The summed E-state index contributed by atoms with van der Waals surface area (Å²) < 4.78 is 0.595. The van der Waals surface area contributed by atoms with Crippen molar-refractivity contribution in [2.45, 2.75) is 32.1 Å². The molecular weight excluding hydrogens is 307 g/mol. The van der Waals surface area contributed by atoms with E-state index in [1.165, 1.54) is 6.07 Å². The second kappa shape index (κ2) is 5.78. The van der Waals surface area contributed by atoms with Gasteiger partial charge >= 0.3 is 0 Å². The van der Waals surface area contributed by atoms with Gasteiger partial charge in [0.1, 0.15) is 5.69 Å². The van der Waals surface area contributed by atoms with Crippen LogP contribution in [0.3, 0.4) is 0 Å². The number of hydrogen-bond donors (Lipinski definition) is 0. The standard InChI is InChI=1S/C11H14BrClN2O2/c1-6(2)10(7(3)13)11-9(15(16)17)4-8(12)5-14-11/h4-7,10H,1-3H3. The number of nitrogens with zero attached hydrogens (tertiary/aromatic N) is 2. The lowest BCUT2D eigenvalue weighted by Crippen LogP contribution is -2.18. The van der Waals surface area contributed by atoms with Crippen LogP contribution in [0.4, 0.5) is 5.69 Å². The normalized spacial score (nSPS) is 14.7. The van der Waals surface area contributed by atoms with Gasteiger partial charge in [-0.3, -0.25) is 15.1 Å². The lowest BCUT2D eigenvalue weighted by atomic mass is 9.88. The van der Waals surface area contributed by atoms with Crippen molar-refractivity contribution in [2.24, 2.45) is 5.92 Å². The number of nitro groups is 1. The number of hydrogen-bond acceptors (Lipinski definition) is 3. The summed E-state index contributed by atoms with van der Waals surface area (Å²) >= 11 is 9.30. The zero-order valence-corrected chi connectivity index (χ0v) is 12.2. The average Bonchev–Trinajstić information content (AvgIpc) is 2.19. The second-order valence-electron chi connectivity index (χ2n) is 4.26. The Morgan fingerprint density at radius 3 is 2.47 bits per heavy atom. The van der Waals surface area contributed by atoms with E-state index in [9.17, 15) is 10.1 Å². The maximum absolute atomic E-state index is 11.0. The summed E-state index contributed by atoms with van der Waals surface area (Å²) in [4.78, 5) is 14.8. The molecule has 17 heavy (non-hydrogen) atoms. The third-order valence-corrected chi connectivity index (χ3v) is 3.29. The lowest BCUT2D eigenvalue weighted by molar-refractivity contribution is -0.386. The van der Waals surface area contributed by atoms with Crippen molar-refractivity contribution in [1.29, 1.82) is 0 Å². The highest BCUT2D eigenvalue weighted by molar-refractivity contribution is 9.10. The highest BCUT2D eigenvalue weighted by Gasteiger charge is 2.30. The van der Waals surface area contributed by atoms with Crippen molar-refractivity contribution in [3.8, 4) is 0 Å². The minimum atomic E-state index is -0.415. The minimum Gasteiger partial charge on any atom is -0.258 e. The van der Waals surface area contributed by atoms with E-state index in [4.69, 9.17) is 11.6 Å². The van der Waals surface area contributed by atoms with Crippen molar-refractivity contribution < 1.29 is 4.92 Å². The Balaban J connectivity index is 3.32. The highest BCUT2D eigenvalue weighted by atomic mass is 79.9. The van der Waals surface area contributed by atoms with Gasteiger partial charge in [-0.05, 0) is 28.8 Å². The molecule has 0 saturated heterocycles. The van der Waals surface area contributed by atoms with Gasteiger partial charge in [0, 0.05) is 28.0 Å². The molecule has 0 aliphatic carbocycles. The molecule has 0 radical (unpaired) electrons. The number of pyridine rings is 1. The average molecular weight is 322 g/mol. The Morgan fingerprint density at radius 2 is 2.06 bits per heavy atom. The largest absolute Gasteiger partial charge is 0.292 e. The van der Waals surface area contributed by atoms with Crippen LogP contribution < -0.4 is 0 Å². The van der Waals surface area contributed by atoms with Gasteiger partial charge in [-0.25, -0.2) is 0 Å². The summed E-state index contributed by atoms with van der Waals surface area (Å²) in [6.45, 7) is 5.80. The molecule has 0 amide bonds. The first-order chi connectivity index (χ1) is 7.84. The van der Waals surface area contributed by atoms with Crippen LogP contribution in [0.2, 0.25) is 0 Å². The third kappa shape index (κ3) is 3.39. The van der Waals surface area contributed by atoms with Crippen molar-refractivity contribution in [2.75, 3.05) is 0 Å². The summed E-state index contributed by atoms with van der Waals surface area (Å²) in [5, 5.41) is 10.8. The molecule has 2 atom stereocenters. The highest BCUT2D eigenvalue weighted by Crippen LogP contribution is 2.35. The van der Waals surface area contributed by atoms with Gasteiger partial charge in [-0.15, -0.1) is 11.6 Å². The smallest absolute Gasteiger partial charge is 0.258 e. The summed E-state index contributed by atoms with van der Waals surface area (Å²) in [5.41, 5.74) is 0.473. The molecule has 0 aromatic carbocycles. The quantitative estimate of drug-likeness (QED) is 0.476. The van der Waals surface area contributed by atoms with Gasteiger partial charge in [-0.2, -0.15) is 0 Å². The fourth-order valence-corrected chi connectivity index (χ4v) is 2.64. The van der Waals surface area contributed by atoms with E-state index in [0.717, 1.165) is 0 Å². The molecule has 0 spiro atoms. The molecular formula is C11H14BrClN2O2. The van der Waals surface area contributed by atoms with Crippen molar-refractivity contribution >= 4 is 33.2 Å².